The van der Waals surface area contributed by atoms with Gasteiger partial charge in [0.2, 0.25) is 0 Å². The summed E-state index contributed by atoms with van der Waals surface area (Å²) in [4.78, 5) is 12.7. The lowest BCUT2D eigenvalue weighted by atomic mass is 9.99. The largest absolute Gasteiger partial charge is 0.457 e. The Bertz CT molecular complexity index is 1060. The van der Waals surface area contributed by atoms with Crippen molar-refractivity contribution in [1.82, 2.24) is 0 Å². The van der Waals surface area contributed by atoms with E-state index in [4.69, 9.17) is 18.9 Å². The maximum absolute atomic E-state index is 12.7. The van der Waals surface area contributed by atoms with E-state index in [0.717, 1.165) is 96.3 Å². The van der Waals surface area contributed by atoms with Gasteiger partial charge >= 0.3 is 5.97 Å². The van der Waals surface area contributed by atoms with E-state index in [0.29, 0.717) is 6.61 Å². The SMILES string of the molecule is CC/C=C\C/C=C\C/C=C\C/C=C\CCCOCC(COC1OC(CO)C(O)C(O)C1O)OC(=O)CCCCCCC/C=C\C/C=C\C/C=C\CC. The third-order valence-corrected chi connectivity index (χ3v) is 8.31. The summed E-state index contributed by atoms with van der Waals surface area (Å²) < 4.78 is 22.6. The Balaban J connectivity index is 2.39. The topological polar surface area (TPSA) is 135 Å². The number of hydrogen-bond acceptors (Lipinski definition) is 9. The van der Waals surface area contributed by atoms with E-state index in [1.54, 1.807) is 0 Å². The number of carbonyl (C=O) groups is 1. The molecule has 6 atom stereocenters. The second-order valence-corrected chi connectivity index (χ2v) is 13.0. The van der Waals surface area contributed by atoms with Crippen molar-refractivity contribution in [2.24, 2.45) is 0 Å². The molecule has 4 N–H and O–H groups in total. The first-order valence-corrected chi connectivity index (χ1v) is 19.7. The Kier molecular flexibility index (Phi) is 31.1. The fourth-order valence-electron chi connectivity index (χ4n) is 5.27. The van der Waals surface area contributed by atoms with Crippen LogP contribution in [0.5, 0.6) is 0 Å². The van der Waals surface area contributed by atoms with Crippen molar-refractivity contribution in [3.05, 3.63) is 85.1 Å². The molecule has 1 aliphatic rings. The van der Waals surface area contributed by atoms with E-state index < -0.39 is 43.4 Å². The van der Waals surface area contributed by atoms with Crippen LogP contribution in [0, 0.1) is 0 Å². The standard InChI is InChI=1S/C43H70O9/c1-3-5-7-9-11-13-15-17-19-20-22-24-26-28-30-32-39(45)51-37(36-50-43-42(48)41(47)40(46)38(34-44)52-43)35-49-33-31-29-27-25-23-21-18-16-14-12-10-8-6-4-2/h5-8,11-14,17-19,21,25,27,37-38,40-44,46-48H,3-4,9-10,15-16,20,22-24,26,28-36H2,1-2H3/b7-5-,8-6-,13-11-,14-12-,19-17-,21-18-,27-25-. The molecule has 0 bridgehead atoms. The molecule has 0 amide bonds. The average molecular weight is 731 g/mol. The van der Waals surface area contributed by atoms with Crippen molar-refractivity contribution >= 4 is 5.97 Å². The predicted octanol–water partition coefficient (Wildman–Crippen LogP) is 7.91. The molecule has 9 heteroatoms. The highest BCUT2D eigenvalue weighted by Crippen LogP contribution is 2.22. The maximum Gasteiger partial charge on any atom is 0.306 e. The van der Waals surface area contributed by atoms with E-state index in [2.05, 4.69) is 98.9 Å². The Morgan fingerprint density at radius 3 is 1.67 bits per heavy atom. The normalized spacial score (nSPS) is 22.2. The van der Waals surface area contributed by atoms with Gasteiger partial charge in [-0.3, -0.25) is 4.79 Å². The van der Waals surface area contributed by atoms with Gasteiger partial charge in [-0.15, -0.1) is 0 Å². The average Bonchev–Trinajstić information content (AvgIpc) is 3.14. The molecule has 1 fully saturated rings. The number of aliphatic hydroxyl groups excluding tert-OH is 4. The maximum atomic E-state index is 12.7. The summed E-state index contributed by atoms with van der Waals surface area (Å²) in [6.07, 6.45) is 37.6. The lowest BCUT2D eigenvalue weighted by Gasteiger charge is -2.39. The Morgan fingerprint density at radius 1 is 0.615 bits per heavy atom. The zero-order chi connectivity index (χ0) is 37.9. The predicted molar refractivity (Wildman–Crippen MR) is 210 cm³/mol. The molecule has 9 nitrogen and oxygen atoms in total. The van der Waals surface area contributed by atoms with Crippen LogP contribution < -0.4 is 0 Å². The van der Waals surface area contributed by atoms with Crippen LogP contribution in [0.25, 0.3) is 0 Å². The van der Waals surface area contributed by atoms with Crippen LogP contribution in [-0.2, 0) is 23.7 Å². The molecule has 0 aliphatic carbocycles. The van der Waals surface area contributed by atoms with Crippen LogP contribution in [0.15, 0.2) is 85.1 Å². The van der Waals surface area contributed by atoms with Crippen molar-refractivity contribution in [1.29, 1.82) is 0 Å². The van der Waals surface area contributed by atoms with Crippen LogP contribution in [0.4, 0.5) is 0 Å². The highest BCUT2D eigenvalue weighted by molar-refractivity contribution is 5.69. The monoisotopic (exact) mass is 731 g/mol. The van der Waals surface area contributed by atoms with Crippen LogP contribution in [-0.4, -0.2) is 89.6 Å². The summed E-state index contributed by atoms with van der Waals surface area (Å²) in [7, 11) is 0. The molecule has 0 aromatic rings. The lowest BCUT2D eigenvalue weighted by Crippen LogP contribution is -2.59. The fourth-order valence-corrected chi connectivity index (χ4v) is 5.27. The Labute approximate surface area is 314 Å². The number of rotatable bonds is 31. The second-order valence-electron chi connectivity index (χ2n) is 13.0. The minimum absolute atomic E-state index is 0.0938. The van der Waals surface area contributed by atoms with Crippen LogP contribution in [0.1, 0.15) is 117 Å². The van der Waals surface area contributed by atoms with Crippen molar-refractivity contribution in [2.45, 2.75) is 153 Å². The highest BCUT2D eigenvalue weighted by atomic mass is 16.7. The third kappa shape index (κ3) is 25.4. The summed E-state index contributed by atoms with van der Waals surface area (Å²) >= 11 is 0. The van der Waals surface area contributed by atoms with Gasteiger partial charge in [-0.25, -0.2) is 0 Å². The Hall–Kier alpha value is -2.63. The summed E-state index contributed by atoms with van der Waals surface area (Å²) in [6, 6.07) is 0. The van der Waals surface area contributed by atoms with E-state index in [-0.39, 0.29) is 25.6 Å². The molecule has 52 heavy (non-hydrogen) atoms. The summed E-state index contributed by atoms with van der Waals surface area (Å²) in [5.74, 6) is -0.355. The smallest absolute Gasteiger partial charge is 0.306 e. The number of aliphatic hydroxyl groups is 4. The minimum Gasteiger partial charge on any atom is -0.457 e. The fraction of sp³-hybridized carbons (Fsp3) is 0.651. The lowest BCUT2D eigenvalue weighted by molar-refractivity contribution is -0.305. The van der Waals surface area contributed by atoms with Gasteiger partial charge in [0.15, 0.2) is 6.29 Å². The van der Waals surface area contributed by atoms with Crippen molar-refractivity contribution in [3.8, 4) is 0 Å². The number of hydrogen-bond donors (Lipinski definition) is 4. The van der Waals surface area contributed by atoms with Crippen molar-refractivity contribution in [3.63, 3.8) is 0 Å². The van der Waals surface area contributed by atoms with Gasteiger partial charge in [-0.1, -0.05) is 118 Å². The zero-order valence-corrected chi connectivity index (χ0v) is 32.0. The number of esters is 1. The van der Waals surface area contributed by atoms with Gasteiger partial charge in [0.25, 0.3) is 0 Å². The van der Waals surface area contributed by atoms with E-state index in [9.17, 15) is 25.2 Å². The third-order valence-electron chi connectivity index (χ3n) is 8.31. The second kappa shape index (κ2) is 34.2. The summed E-state index contributed by atoms with van der Waals surface area (Å²) in [6.45, 7) is 4.12. The zero-order valence-electron chi connectivity index (χ0n) is 32.0. The number of allylic oxidation sites excluding steroid dienone is 14. The number of ether oxygens (including phenoxy) is 4. The van der Waals surface area contributed by atoms with E-state index >= 15 is 0 Å². The molecule has 1 aliphatic heterocycles. The first kappa shape index (κ1) is 47.4. The molecule has 296 valence electrons. The molecular formula is C43H70O9. The van der Waals surface area contributed by atoms with Crippen LogP contribution in [0.2, 0.25) is 0 Å². The molecule has 6 unspecified atom stereocenters. The highest BCUT2D eigenvalue weighted by Gasteiger charge is 2.44. The van der Waals surface area contributed by atoms with E-state index in [1.165, 1.54) is 0 Å². The number of carbonyl (C=O) groups excluding carboxylic acids is 1. The van der Waals surface area contributed by atoms with Gasteiger partial charge < -0.3 is 39.4 Å². The molecule has 1 rings (SSSR count). The summed E-state index contributed by atoms with van der Waals surface area (Å²) in [5.41, 5.74) is 0. The van der Waals surface area contributed by atoms with Gasteiger partial charge in [0.1, 0.15) is 30.5 Å². The first-order chi connectivity index (χ1) is 25.4. The molecule has 0 aromatic carbocycles. The van der Waals surface area contributed by atoms with Gasteiger partial charge in [0, 0.05) is 13.0 Å². The molecule has 0 radical (unpaired) electrons. The number of unbranched alkanes of at least 4 members (excludes halogenated alkanes) is 6. The molecule has 1 saturated heterocycles. The molecular weight excluding hydrogens is 660 g/mol. The Morgan fingerprint density at radius 2 is 1.12 bits per heavy atom. The molecule has 0 spiro atoms. The van der Waals surface area contributed by atoms with Gasteiger partial charge in [-0.05, 0) is 77.0 Å². The quantitative estimate of drug-likeness (QED) is 0.0319. The first-order valence-electron chi connectivity index (χ1n) is 19.7. The minimum atomic E-state index is -1.55. The van der Waals surface area contributed by atoms with Crippen LogP contribution >= 0.6 is 0 Å². The van der Waals surface area contributed by atoms with Crippen molar-refractivity contribution in [2.75, 3.05) is 26.4 Å². The van der Waals surface area contributed by atoms with Crippen LogP contribution in [0.3, 0.4) is 0 Å². The molecule has 1 heterocycles. The van der Waals surface area contributed by atoms with Gasteiger partial charge in [-0.2, -0.15) is 0 Å². The van der Waals surface area contributed by atoms with Crippen molar-refractivity contribution < 1.29 is 44.2 Å². The molecule has 0 saturated carbocycles. The molecule has 0 aromatic heterocycles. The summed E-state index contributed by atoms with van der Waals surface area (Å²) in [5, 5.41) is 40.0. The van der Waals surface area contributed by atoms with Gasteiger partial charge in [0.05, 0.1) is 19.8 Å². The van der Waals surface area contributed by atoms with E-state index in [1.807, 2.05) is 0 Å².